The Kier molecular flexibility index (Phi) is 7.65. The molecule has 1 aromatic carbocycles. The lowest BCUT2D eigenvalue weighted by atomic mass is 9.68. The van der Waals surface area contributed by atoms with Crippen LogP contribution in [0.4, 0.5) is 0 Å². The van der Waals surface area contributed by atoms with E-state index in [1.54, 1.807) is 0 Å². The zero-order valence-electron chi connectivity index (χ0n) is 20.7. The zero-order valence-corrected chi connectivity index (χ0v) is 20.7. The van der Waals surface area contributed by atoms with Crippen molar-refractivity contribution in [3.05, 3.63) is 35.4 Å². The molecule has 0 bridgehead atoms. The third-order valence-electron chi connectivity index (χ3n) is 5.20. The predicted molar refractivity (Wildman–Crippen MR) is 127 cm³/mol. The molecule has 0 fully saturated rings. The molecule has 0 aromatic heterocycles. The number of rotatable bonds is 8. The van der Waals surface area contributed by atoms with Crippen LogP contribution in [0.2, 0.25) is 0 Å². The van der Waals surface area contributed by atoms with Gasteiger partial charge in [-0.25, -0.2) is 0 Å². The Labute approximate surface area is 176 Å². The van der Waals surface area contributed by atoms with E-state index < -0.39 is 0 Å². The fraction of sp³-hybridized carbons (Fsp3) is 0.704. The summed E-state index contributed by atoms with van der Waals surface area (Å²) in [6, 6.07) is 4.61. The van der Waals surface area contributed by atoms with Gasteiger partial charge < -0.3 is 4.74 Å². The molecule has 0 aliphatic carbocycles. The maximum Gasteiger partial charge on any atom is 0.126 e. The normalized spacial score (nSPS) is 13.5. The molecule has 0 atom stereocenters. The average molecular weight is 387 g/mol. The maximum absolute atomic E-state index is 6.48. The topological polar surface area (TPSA) is 9.23 Å². The molecule has 1 heteroatoms. The molecule has 0 unspecified atom stereocenters. The van der Waals surface area contributed by atoms with Crippen molar-refractivity contribution in [1.29, 1.82) is 0 Å². The van der Waals surface area contributed by atoms with Gasteiger partial charge in [-0.1, -0.05) is 88.8 Å². The van der Waals surface area contributed by atoms with Crippen molar-refractivity contribution in [2.24, 2.45) is 10.8 Å². The second-order valence-corrected chi connectivity index (χ2v) is 12.2. The molecular formula is C27H46O. The summed E-state index contributed by atoms with van der Waals surface area (Å²) in [6.07, 6.45) is 5.20. The summed E-state index contributed by atoms with van der Waals surface area (Å²) in [6.45, 7) is 30.4. The molecule has 0 spiro atoms. The molecule has 0 N–H and O–H groups in total. The first-order chi connectivity index (χ1) is 12.5. The van der Waals surface area contributed by atoms with Crippen LogP contribution in [0.25, 0.3) is 6.08 Å². The van der Waals surface area contributed by atoms with Crippen molar-refractivity contribution >= 4 is 6.08 Å². The van der Waals surface area contributed by atoms with Crippen molar-refractivity contribution in [3.63, 3.8) is 0 Å². The van der Waals surface area contributed by atoms with Crippen LogP contribution in [0, 0.1) is 10.8 Å². The molecule has 0 saturated heterocycles. The highest BCUT2D eigenvalue weighted by atomic mass is 16.5. The molecule has 0 aliphatic rings. The van der Waals surface area contributed by atoms with Crippen molar-refractivity contribution in [3.8, 4) is 5.75 Å². The Balaban J connectivity index is 3.73. The largest absolute Gasteiger partial charge is 0.493 e. The Morgan fingerprint density at radius 3 is 1.46 bits per heavy atom. The Hall–Kier alpha value is -1.24. The zero-order chi connectivity index (χ0) is 22.0. The van der Waals surface area contributed by atoms with Gasteiger partial charge in [0, 0.05) is 11.1 Å². The number of ether oxygens (including phenoxy) is 1. The summed E-state index contributed by atoms with van der Waals surface area (Å²) >= 11 is 0. The van der Waals surface area contributed by atoms with Gasteiger partial charge in [0.05, 0.1) is 6.61 Å². The van der Waals surface area contributed by atoms with Gasteiger partial charge in [0.25, 0.3) is 0 Å². The first kappa shape index (κ1) is 24.8. The second-order valence-electron chi connectivity index (χ2n) is 12.2. The highest BCUT2D eigenvalue weighted by Crippen LogP contribution is 2.47. The van der Waals surface area contributed by atoms with Crippen molar-refractivity contribution in [1.82, 2.24) is 0 Å². The molecular weight excluding hydrogens is 340 g/mol. The quantitative estimate of drug-likeness (QED) is 0.435. The standard InChI is InChI=1S/C27H46O/c1-13-15-28-23-21(26(9,10)18-24(3,4)5)16-20(14-2)17-22(23)27(11,12)19-25(6,7)8/h14,16-17H,2,13,15,18-19H2,1,3-12H3. The molecule has 0 saturated carbocycles. The molecule has 28 heavy (non-hydrogen) atoms. The van der Waals surface area contributed by atoms with Crippen LogP contribution in [-0.2, 0) is 10.8 Å². The molecule has 160 valence electrons. The van der Waals surface area contributed by atoms with Crippen molar-refractivity contribution in [2.45, 2.75) is 106 Å². The Morgan fingerprint density at radius 1 is 0.786 bits per heavy atom. The lowest BCUT2D eigenvalue weighted by molar-refractivity contribution is 0.250. The SMILES string of the molecule is C=Cc1cc(C(C)(C)CC(C)(C)C)c(OCCC)c(C(C)(C)CC(C)(C)C)c1. The van der Waals surface area contributed by atoms with E-state index in [1.807, 2.05) is 6.08 Å². The van der Waals surface area contributed by atoms with Crippen LogP contribution in [0.1, 0.15) is 112 Å². The van der Waals surface area contributed by atoms with Gasteiger partial charge in [0.2, 0.25) is 0 Å². The number of benzene rings is 1. The van der Waals surface area contributed by atoms with E-state index in [-0.39, 0.29) is 21.7 Å². The van der Waals surface area contributed by atoms with Crippen LogP contribution in [0.5, 0.6) is 5.75 Å². The van der Waals surface area contributed by atoms with Gasteiger partial charge in [0.1, 0.15) is 5.75 Å². The van der Waals surface area contributed by atoms with E-state index in [4.69, 9.17) is 4.74 Å². The first-order valence-corrected chi connectivity index (χ1v) is 11.0. The summed E-state index contributed by atoms with van der Waals surface area (Å²) in [7, 11) is 0. The van der Waals surface area contributed by atoms with E-state index in [0.717, 1.165) is 31.6 Å². The molecule has 0 amide bonds. The molecule has 0 heterocycles. The molecule has 0 aliphatic heterocycles. The average Bonchev–Trinajstić information content (AvgIpc) is 2.47. The van der Waals surface area contributed by atoms with Crippen molar-refractivity contribution < 1.29 is 4.74 Å². The lowest BCUT2D eigenvalue weighted by Gasteiger charge is -2.38. The highest BCUT2D eigenvalue weighted by molar-refractivity contribution is 5.59. The Bertz CT molecular complexity index is 613. The lowest BCUT2D eigenvalue weighted by Crippen LogP contribution is -2.29. The fourth-order valence-corrected chi connectivity index (χ4v) is 4.98. The minimum atomic E-state index is 0.0207. The smallest absolute Gasteiger partial charge is 0.126 e. The summed E-state index contributed by atoms with van der Waals surface area (Å²) < 4.78 is 6.48. The second kappa shape index (κ2) is 8.64. The van der Waals surface area contributed by atoms with E-state index in [2.05, 4.69) is 94.9 Å². The van der Waals surface area contributed by atoms with Crippen LogP contribution in [-0.4, -0.2) is 6.61 Å². The molecule has 1 aromatic rings. The van der Waals surface area contributed by atoms with Crippen LogP contribution >= 0.6 is 0 Å². The molecule has 1 nitrogen and oxygen atoms in total. The van der Waals surface area contributed by atoms with Gasteiger partial charge in [-0.3, -0.25) is 0 Å². The summed E-state index contributed by atoms with van der Waals surface area (Å²) in [4.78, 5) is 0. The summed E-state index contributed by atoms with van der Waals surface area (Å²) in [5.41, 5.74) is 4.38. The fourth-order valence-electron chi connectivity index (χ4n) is 4.98. The van der Waals surface area contributed by atoms with E-state index >= 15 is 0 Å². The predicted octanol–water partition coefficient (Wildman–Crippen LogP) is 8.55. The summed E-state index contributed by atoms with van der Waals surface area (Å²) in [5, 5.41) is 0. The van der Waals surface area contributed by atoms with E-state index in [1.165, 1.54) is 16.7 Å². The first-order valence-electron chi connectivity index (χ1n) is 11.0. The van der Waals surface area contributed by atoms with Gasteiger partial charge in [-0.15, -0.1) is 0 Å². The third-order valence-corrected chi connectivity index (χ3v) is 5.20. The minimum Gasteiger partial charge on any atom is -0.493 e. The highest BCUT2D eigenvalue weighted by Gasteiger charge is 2.36. The number of hydrogen-bond acceptors (Lipinski definition) is 1. The molecule has 0 radical (unpaired) electrons. The Morgan fingerprint density at radius 2 is 1.18 bits per heavy atom. The minimum absolute atomic E-state index is 0.0207. The molecule has 1 rings (SSSR count). The maximum atomic E-state index is 6.48. The van der Waals surface area contributed by atoms with Gasteiger partial charge >= 0.3 is 0 Å². The van der Waals surface area contributed by atoms with E-state index in [9.17, 15) is 0 Å². The van der Waals surface area contributed by atoms with Gasteiger partial charge in [-0.2, -0.15) is 0 Å². The van der Waals surface area contributed by atoms with Crippen LogP contribution < -0.4 is 4.74 Å². The van der Waals surface area contributed by atoms with E-state index in [0.29, 0.717) is 0 Å². The van der Waals surface area contributed by atoms with Crippen molar-refractivity contribution in [2.75, 3.05) is 6.61 Å². The summed E-state index contributed by atoms with van der Waals surface area (Å²) in [5.74, 6) is 1.11. The number of hydrogen-bond donors (Lipinski definition) is 0. The third kappa shape index (κ3) is 6.98. The van der Waals surface area contributed by atoms with Gasteiger partial charge in [0.15, 0.2) is 0 Å². The monoisotopic (exact) mass is 386 g/mol. The van der Waals surface area contributed by atoms with Crippen LogP contribution in [0.3, 0.4) is 0 Å². The van der Waals surface area contributed by atoms with Gasteiger partial charge in [-0.05, 0) is 58.6 Å². The van der Waals surface area contributed by atoms with Crippen LogP contribution in [0.15, 0.2) is 18.7 Å².